The Morgan fingerprint density at radius 3 is 2.44 bits per heavy atom. The largest absolute Gasteiger partial charge is 0.352 e. The smallest absolute Gasteiger partial charge is 0.226 e. The van der Waals surface area contributed by atoms with Gasteiger partial charge < -0.3 is 5.32 Å². The molecule has 3 heteroatoms. The standard InChI is InChI=1S/C15H26BrNO/c1-11(2)10-15(8-3-4-9-15)14(18)17-13-7-5-6-12(13)16/h11-13H,3-10H2,1-2H3,(H,17,18). The number of halogens is 1. The van der Waals surface area contributed by atoms with E-state index in [1.165, 1.54) is 25.7 Å². The Hall–Kier alpha value is -0.0500. The first-order valence-corrected chi connectivity index (χ1v) is 8.40. The average molecular weight is 316 g/mol. The maximum atomic E-state index is 12.7. The van der Waals surface area contributed by atoms with E-state index in [9.17, 15) is 4.79 Å². The van der Waals surface area contributed by atoms with Crippen LogP contribution in [0.1, 0.15) is 65.2 Å². The molecule has 0 saturated heterocycles. The summed E-state index contributed by atoms with van der Waals surface area (Å²) in [7, 11) is 0. The van der Waals surface area contributed by atoms with Crippen LogP contribution in [0.5, 0.6) is 0 Å². The summed E-state index contributed by atoms with van der Waals surface area (Å²) < 4.78 is 0. The third kappa shape index (κ3) is 3.09. The molecule has 0 heterocycles. The topological polar surface area (TPSA) is 29.1 Å². The molecule has 2 nitrogen and oxygen atoms in total. The van der Waals surface area contributed by atoms with Crippen LogP contribution in [-0.2, 0) is 4.79 Å². The van der Waals surface area contributed by atoms with Crippen LogP contribution in [0, 0.1) is 11.3 Å². The number of alkyl halides is 1. The molecule has 2 unspecified atom stereocenters. The van der Waals surface area contributed by atoms with Crippen molar-refractivity contribution >= 4 is 21.8 Å². The molecule has 2 aliphatic rings. The van der Waals surface area contributed by atoms with Crippen molar-refractivity contribution in [3.8, 4) is 0 Å². The minimum Gasteiger partial charge on any atom is -0.352 e. The van der Waals surface area contributed by atoms with Crippen LogP contribution in [0.3, 0.4) is 0 Å². The van der Waals surface area contributed by atoms with E-state index in [2.05, 4.69) is 35.1 Å². The summed E-state index contributed by atoms with van der Waals surface area (Å²) in [5.74, 6) is 0.947. The van der Waals surface area contributed by atoms with Crippen molar-refractivity contribution in [2.24, 2.45) is 11.3 Å². The second kappa shape index (κ2) is 5.94. The highest BCUT2D eigenvalue weighted by atomic mass is 79.9. The molecule has 2 saturated carbocycles. The zero-order valence-corrected chi connectivity index (χ0v) is 13.3. The van der Waals surface area contributed by atoms with Crippen LogP contribution < -0.4 is 5.32 Å². The predicted octanol–water partition coefficient (Wildman–Crippen LogP) is 4.03. The fourth-order valence-electron chi connectivity index (χ4n) is 3.76. The number of hydrogen-bond acceptors (Lipinski definition) is 1. The number of carbonyl (C=O) groups excluding carboxylic acids is 1. The van der Waals surface area contributed by atoms with Crippen molar-refractivity contribution in [2.45, 2.75) is 76.1 Å². The van der Waals surface area contributed by atoms with E-state index < -0.39 is 0 Å². The first-order valence-electron chi connectivity index (χ1n) is 7.48. The molecule has 2 rings (SSSR count). The molecule has 104 valence electrons. The molecule has 0 aromatic rings. The van der Waals surface area contributed by atoms with Crippen LogP contribution in [0.15, 0.2) is 0 Å². The van der Waals surface area contributed by atoms with Gasteiger partial charge in [-0.15, -0.1) is 0 Å². The summed E-state index contributed by atoms with van der Waals surface area (Å²) in [5, 5.41) is 3.33. The normalized spacial score (nSPS) is 30.9. The first-order chi connectivity index (χ1) is 8.53. The van der Waals surface area contributed by atoms with Gasteiger partial charge in [0.25, 0.3) is 0 Å². The Labute approximate surface area is 119 Å². The van der Waals surface area contributed by atoms with Gasteiger partial charge in [-0.3, -0.25) is 4.79 Å². The van der Waals surface area contributed by atoms with Crippen molar-refractivity contribution in [3.63, 3.8) is 0 Å². The van der Waals surface area contributed by atoms with Gasteiger partial charge in [0.05, 0.1) is 0 Å². The van der Waals surface area contributed by atoms with E-state index >= 15 is 0 Å². The van der Waals surface area contributed by atoms with Gasteiger partial charge in [-0.25, -0.2) is 0 Å². The van der Waals surface area contributed by atoms with E-state index in [4.69, 9.17) is 0 Å². The number of rotatable bonds is 4. The van der Waals surface area contributed by atoms with E-state index in [1.54, 1.807) is 0 Å². The van der Waals surface area contributed by atoms with Gasteiger partial charge >= 0.3 is 0 Å². The van der Waals surface area contributed by atoms with E-state index in [-0.39, 0.29) is 5.41 Å². The summed E-state index contributed by atoms with van der Waals surface area (Å²) in [4.78, 5) is 13.2. The van der Waals surface area contributed by atoms with Crippen LogP contribution in [0.4, 0.5) is 0 Å². The Morgan fingerprint density at radius 2 is 1.94 bits per heavy atom. The highest BCUT2D eigenvalue weighted by Crippen LogP contribution is 2.43. The lowest BCUT2D eigenvalue weighted by Crippen LogP contribution is -2.46. The molecule has 2 atom stereocenters. The molecule has 0 bridgehead atoms. The highest BCUT2D eigenvalue weighted by molar-refractivity contribution is 9.09. The minimum atomic E-state index is -0.0521. The van der Waals surface area contributed by atoms with E-state index in [0.29, 0.717) is 22.7 Å². The van der Waals surface area contributed by atoms with Crippen molar-refractivity contribution in [1.29, 1.82) is 0 Å². The molecule has 1 amide bonds. The van der Waals surface area contributed by atoms with Crippen LogP contribution in [0.2, 0.25) is 0 Å². The van der Waals surface area contributed by atoms with Crippen molar-refractivity contribution in [1.82, 2.24) is 5.32 Å². The van der Waals surface area contributed by atoms with Gasteiger partial charge in [0.15, 0.2) is 0 Å². The van der Waals surface area contributed by atoms with Crippen LogP contribution in [0.25, 0.3) is 0 Å². The van der Waals surface area contributed by atoms with Gasteiger partial charge in [0.1, 0.15) is 0 Å². The zero-order valence-electron chi connectivity index (χ0n) is 11.7. The molecule has 1 N–H and O–H groups in total. The number of carbonyl (C=O) groups is 1. The Balaban J connectivity index is 1.99. The fraction of sp³-hybridized carbons (Fsp3) is 0.933. The summed E-state index contributed by atoms with van der Waals surface area (Å²) in [6.45, 7) is 4.46. The Bertz CT molecular complexity index is 297. The molecule has 18 heavy (non-hydrogen) atoms. The van der Waals surface area contributed by atoms with Crippen molar-refractivity contribution < 1.29 is 4.79 Å². The van der Waals surface area contributed by atoms with E-state index in [0.717, 1.165) is 25.7 Å². The molecule has 2 aliphatic carbocycles. The van der Waals surface area contributed by atoms with Crippen molar-refractivity contribution in [3.05, 3.63) is 0 Å². The summed E-state index contributed by atoms with van der Waals surface area (Å²) in [6, 6.07) is 0.363. The maximum Gasteiger partial charge on any atom is 0.226 e. The molecule has 0 aromatic carbocycles. The lowest BCUT2D eigenvalue weighted by atomic mass is 9.77. The Morgan fingerprint density at radius 1 is 1.28 bits per heavy atom. The van der Waals surface area contributed by atoms with Gasteiger partial charge in [0.2, 0.25) is 5.91 Å². The highest BCUT2D eigenvalue weighted by Gasteiger charge is 2.42. The quantitative estimate of drug-likeness (QED) is 0.780. The lowest BCUT2D eigenvalue weighted by molar-refractivity contribution is -0.132. The summed E-state index contributed by atoms with van der Waals surface area (Å²) in [5.41, 5.74) is -0.0521. The first kappa shape index (κ1) is 14.4. The molecular weight excluding hydrogens is 290 g/mol. The predicted molar refractivity (Wildman–Crippen MR) is 78.9 cm³/mol. The fourth-order valence-corrected chi connectivity index (χ4v) is 4.48. The third-order valence-corrected chi connectivity index (χ3v) is 5.69. The monoisotopic (exact) mass is 315 g/mol. The van der Waals surface area contributed by atoms with Gasteiger partial charge in [0, 0.05) is 16.3 Å². The molecular formula is C15H26BrNO. The summed E-state index contributed by atoms with van der Waals surface area (Å²) >= 11 is 3.70. The molecule has 0 radical (unpaired) electrons. The van der Waals surface area contributed by atoms with Crippen molar-refractivity contribution in [2.75, 3.05) is 0 Å². The lowest BCUT2D eigenvalue weighted by Gasteiger charge is -2.31. The molecule has 0 aliphatic heterocycles. The van der Waals surface area contributed by atoms with Gasteiger partial charge in [-0.2, -0.15) is 0 Å². The molecule has 2 fully saturated rings. The van der Waals surface area contributed by atoms with Gasteiger partial charge in [-0.05, 0) is 38.0 Å². The molecule has 0 spiro atoms. The van der Waals surface area contributed by atoms with Crippen LogP contribution >= 0.6 is 15.9 Å². The number of hydrogen-bond donors (Lipinski definition) is 1. The maximum absolute atomic E-state index is 12.7. The second-order valence-corrected chi connectivity index (χ2v) is 7.79. The second-order valence-electron chi connectivity index (χ2n) is 6.61. The summed E-state index contributed by atoms with van der Waals surface area (Å²) in [6.07, 6.45) is 9.26. The van der Waals surface area contributed by atoms with E-state index in [1.807, 2.05) is 0 Å². The molecule has 0 aromatic heterocycles. The van der Waals surface area contributed by atoms with Gasteiger partial charge in [-0.1, -0.05) is 49.0 Å². The van der Waals surface area contributed by atoms with Crippen LogP contribution in [-0.4, -0.2) is 16.8 Å². The zero-order chi connectivity index (χ0) is 13.2. The number of amides is 1. The number of nitrogens with one attached hydrogen (secondary N) is 1. The third-order valence-electron chi connectivity index (χ3n) is 4.59. The Kier molecular flexibility index (Phi) is 4.74. The SMILES string of the molecule is CC(C)CC1(C(=O)NC2CCCC2Br)CCCC1. The average Bonchev–Trinajstić information content (AvgIpc) is 2.89. The minimum absolute atomic E-state index is 0.0521.